The van der Waals surface area contributed by atoms with Crippen molar-refractivity contribution in [3.8, 4) is 0 Å². The fourth-order valence-corrected chi connectivity index (χ4v) is 5.47. The van der Waals surface area contributed by atoms with Gasteiger partial charge in [0, 0.05) is 24.5 Å². The van der Waals surface area contributed by atoms with Crippen LogP contribution in [-0.4, -0.2) is 48.9 Å². The van der Waals surface area contributed by atoms with Crippen LogP contribution in [0.3, 0.4) is 0 Å². The third-order valence-electron chi connectivity index (χ3n) is 6.00. The van der Waals surface area contributed by atoms with Crippen LogP contribution in [0.5, 0.6) is 0 Å². The van der Waals surface area contributed by atoms with E-state index in [-0.39, 0.29) is 5.91 Å². The quantitative estimate of drug-likeness (QED) is 0.793. The molecule has 1 N–H and O–H groups in total. The van der Waals surface area contributed by atoms with Crippen LogP contribution in [0.2, 0.25) is 0 Å². The highest BCUT2D eigenvalue weighted by Gasteiger charge is 2.25. The molecule has 2 aromatic rings. The van der Waals surface area contributed by atoms with Crippen LogP contribution in [0, 0.1) is 12.8 Å². The van der Waals surface area contributed by atoms with Crippen molar-refractivity contribution in [3.05, 3.63) is 45.5 Å². The fraction of sp³-hybridized carbons (Fsp3) is 0.591. The van der Waals surface area contributed by atoms with Crippen molar-refractivity contribution in [1.29, 1.82) is 0 Å². The Hall–Kier alpha value is -1.63. The monoisotopic (exact) mass is 401 g/mol. The zero-order valence-corrected chi connectivity index (χ0v) is 17.8. The van der Waals surface area contributed by atoms with Gasteiger partial charge in [-0.2, -0.15) is 0 Å². The first-order valence-electron chi connectivity index (χ1n) is 10.4. The number of amides is 1. The SMILES string of the molecule is Cc1ccc(CN2CCC(CN(C)C(=O)c3ccc([C@H]4CCCN4)s3)CC2)o1. The average Bonchev–Trinajstić information content (AvgIpc) is 3.44. The predicted octanol–water partition coefficient (Wildman–Crippen LogP) is 4.06. The maximum atomic E-state index is 12.8. The Kier molecular flexibility index (Phi) is 6.19. The van der Waals surface area contributed by atoms with Gasteiger partial charge in [0.25, 0.3) is 5.91 Å². The second-order valence-electron chi connectivity index (χ2n) is 8.27. The Balaban J connectivity index is 1.24. The molecule has 2 aliphatic rings. The molecule has 6 heteroatoms. The Morgan fingerprint density at radius 2 is 2.07 bits per heavy atom. The molecule has 4 heterocycles. The molecule has 0 radical (unpaired) electrons. The van der Waals surface area contributed by atoms with Gasteiger partial charge in [0.1, 0.15) is 11.5 Å². The van der Waals surface area contributed by atoms with E-state index >= 15 is 0 Å². The van der Waals surface area contributed by atoms with Crippen molar-refractivity contribution in [2.24, 2.45) is 5.92 Å². The van der Waals surface area contributed by atoms with Crippen molar-refractivity contribution in [2.45, 2.75) is 45.2 Å². The zero-order valence-electron chi connectivity index (χ0n) is 16.9. The van der Waals surface area contributed by atoms with Crippen molar-refractivity contribution in [1.82, 2.24) is 15.1 Å². The summed E-state index contributed by atoms with van der Waals surface area (Å²) in [7, 11) is 1.95. The minimum Gasteiger partial charge on any atom is -0.465 e. The number of hydrogen-bond donors (Lipinski definition) is 1. The molecular formula is C22H31N3O2S. The third kappa shape index (κ3) is 4.67. The van der Waals surface area contributed by atoms with Crippen LogP contribution >= 0.6 is 11.3 Å². The fourth-order valence-electron chi connectivity index (χ4n) is 4.36. The van der Waals surface area contributed by atoms with Crippen molar-refractivity contribution in [3.63, 3.8) is 0 Å². The highest BCUT2D eigenvalue weighted by atomic mass is 32.1. The summed E-state index contributed by atoms with van der Waals surface area (Å²) in [5.41, 5.74) is 0. The number of aryl methyl sites for hydroxylation is 1. The molecule has 2 aliphatic heterocycles. The van der Waals surface area contributed by atoms with Gasteiger partial charge in [0.15, 0.2) is 0 Å². The van der Waals surface area contributed by atoms with Gasteiger partial charge >= 0.3 is 0 Å². The number of carbonyl (C=O) groups excluding carboxylic acids is 1. The first kappa shape index (κ1) is 19.7. The van der Waals surface area contributed by atoms with E-state index in [2.05, 4.69) is 22.3 Å². The number of piperidine rings is 1. The summed E-state index contributed by atoms with van der Waals surface area (Å²) >= 11 is 1.66. The summed E-state index contributed by atoms with van der Waals surface area (Å²) in [6.45, 7) is 6.96. The lowest BCUT2D eigenvalue weighted by molar-refractivity contribution is 0.0739. The first-order chi connectivity index (χ1) is 13.6. The number of hydrogen-bond acceptors (Lipinski definition) is 5. The summed E-state index contributed by atoms with van der Waals surface area (Å²) in [5.74, 6) is 2.78. The number of thiophene rings is 1. The van der Waals surface area contributed by atoms with E-state index in [1.165, 1.54) is 17.7 Å². The number of likely N-dealkylation sites (tertiary alicyclic amines) is 1. The van der Waals surface area contributed by atoms with Crippen LogP contribution in [0.15, 0.2) is 28.7 Å². The van der Waals surface area contributed by atoms with Crippen molar-refractivity contribution >= 4 is 17.2 Å². The molecule has 0 bridgehead atoms. The van der Waals surface area contributed by atoms with E-state index in [9.17, 15) is 4.79 Å². The van der Waals surface area contributed by atoms with Gasteiger partial charge in [0.2, 0.25) is 0 Å². The van der Waals surface area contributed by atoms with Crippen LogP contribution in [-0.2, 0) is 6.54 Å². The topological polar surface area (TPSA) is 48.7 Å². The number of furan rings is 1. The zero-order chi connectivity index (χ0) is 19.5. The molecule has 152 valence electrons. The Morgan fingerprint density at radius 1 is 1.25 bits per heavy atom. The highest BCUT2D eigenvalue weighted by molar-refractivity contribution is 7.14. The smallest absolute Gasteiger partial charge is 0.263 e. The van der Waals surface area contributed by atoms with Gasteiger partial charge < -0.3 is 14.6 Å². The first-order valence-corrected chi connectivity index (χ1v) is 11.3. The minimum absolute atomic E-state index is 0.169. The molecule has 2 aromatic heterocycles. The van der Waals surface area contributed by atoms with Gasteiger partial charge in [-0.3, -0.25) is 9.69 Å². The van der Waals surface area contributed by atoms with E-state index in [1.807, 2.05) is 31.0 Å². The molecule has 5 nitrogen and oxygen atoms in total. The van der Waals surface area contributed by atoms with E-state index in [4.69, 9.17) is 4.42 Å². The summed E-state index contributed by atoms with van der Waals surface area (Å²) < 4.78 is 5.70. The molecular weight excluding hydrogens is 370 g/mol. The summed E-state index contributed by atoms with van der Waals surface area (Å²) in [6.07, 6.45) is 4.68. The molecule has 0 aromatic carbocycles. The Labute approximate surface area is 171 Å². The summed E-state index contributed by atoms with van der Waals surface area (Å²) in [4.78, 5) is 19.4. The molecule has 28 heavy (non-hydrogen) atoms. The largest absolute Gasteiger partial charge is 0.465 e. The predicted molar refractivity (Wildman–Crippen MR) is 113 cm³/mol. The molecule has 1 amide bonds. The maximum Gasteiger partial charge on any atom is 0.263 e. The summed E-state index contributed by atoms with van der Waals surface area (Å²) in [5, 5.41) is 3.52. The molecule has 2 saturated heterocycles. The molecule has 0 unspecified atom stereocenters. The molecule has 0 aliphatic carbocycles. The standard InChI is InChI=1S/C22H31N3O2S/c1-16-5-6-18(27-16)15-25-12-9-17(10-13-25)14-24(2)22(26)21-8-7-20(28-21)19-4-3-11-23-19/h5-8,17,19,23H,3-4,9-15H2,1-2H3/t19-/m1/s1. The lowest BCUT2D eigenvalue weighted by Gasteiger charge is -2.33. The Morgan fingerprint density at radius 3 is 2.75 bits per heavy atom. The van der Waals surface area contributed by atoms with Gasteiger partial charge in [-0.15, -0.1) is 11.3 Å². The van der Waals surface area contributed by atoms with Gasteiger partial charge in [0.05, 0.1) is 11.4 Å². The van der Waals surface area contributed by atoms with E-state index < -0.39 is 0 Å². The maximum absolute atomic E-state index is 12.8. The third-order valence-corrected chi connectivity index (χ3v) is 7.19. The van der Waals surface area contributed by atoms with E-state index in [0.29, 0.717) is 12.0 Å². The van der Waals surface area contributed by atoms with Crippen LogP contribution in [0.1, 0.15) is 57.8 Å². The summed E-state index contributed by atoms with van der Waals surface area (Å²) in [6, 6.07) is 8.68. The Bertz CT molecular complexity index is 785. The molecule has 2 fully saturated rings. The number of nitrogens with zero attached hydrogens (tertiary/aromatic N) is 2. The van der Waals surface area contributed by atoms with Gasteiger partial charge in [-0.1, -0.05) is 0 Å². The van der Waals surface area contributed by atoms with Crippen LogP contribution in [0.4, 0.5) is 0 Å². The van der Waals surface area contributed by atoms with Gasteiger partial charge in [-0.25, -0.2) is 0 Å². The van der Waals surface area contributed by atoms with Gasteiger partial charge in [-0.05, 0) is 82.4 Å². The number of rotatable bonds is 6. The molecule has 1 atom stereocenters. The van der Waals surface area contributed by atoms with Crippen molar-refractivity contribution < 1.29 is 9.21 Å². The normalized spacial score (nSPS) is 21.3. The molecule has 0 saturated carbocycles. The lowest BCUT2D eigenvalue weighted by atomic mass is 9.96. The minimum atomic E-state index is 0.169. The van der Waals surface area contributed by atoms with Crippen molar-refractivity contribution in [2.75, 3.05) is 33.2 Å². The lowest BCUT2D eigenvalue weighted by Crippen LogP contribution is -2.39. The number of carbonyl (C=O) groups is 1. The second kappa shape index (κ2) is 8.80. The second-order valence-corrected chi connectivity index (χ2v) is 9.38. The van der Waals surface area contributed by atoms with Crippen LogP contribution in [0.25, 0.3) is 0 Å². The molecule has 4 rings (SSSR count). The number of nitrogens with one attached hydrogen (secondary N) is 1. The van der Waals surface area contributed by atoms with Crippen LogP contribution < -0.4 is 5.32 Å². The molecule has 0 spiro atoms. The average molecular weight is 402 g/mol. The highest BCUT2D eigenvalue weighted by Crippen LogP contribution is 2.30. The van der Waals surface area contributed by atoms with E-state index in [0.717, 1.165) is 62.0 Å². The van der Waals surface area contributed by atoms with E-state index in [1.54, 1.807) is 11.3 Å².